The molecule has 5 heteroatoms. The highest BCUT2D eigenvalue weighted by molar-refractivity contribution is 5.96. The van der Waals surface area contributed by atoms with E-state index in [-0.39, 0.29) is 5.91 Å². The fourth-order valence-corrected chi connectivity index (χ4v) is 1.61. The maximum Gasteiger partial charge on any atom is 0.251 e. The summed E-state index contributed by atoms with van der Waals surface area (Å²) >= 11 is 0. The van der Waals surface area contributed by atoms with Gasteiger partial charge in [0.15, 0.2) is 0 Å². The van der Waals surface area contributed by atoms with Gasteiger partial charge in [-0.2, -0.15) is 0 Å². The summed E-state index contributed by atoms with van der Waals surface area (Å²) in [5.41, 5.74) is 7.96. The quantitative estimate of drug-likeness (QED) is 0.520. The first-order valence-electron chi connectivity index (χ1n) is 6.05. The molecule has 0 saturated heterocycles. The second-order valence-corrected chi connectivity index (χ2v) is 4.46. The molecule has 4 N–H and O–H groups in total. The Bertz CT molecular complexity index is 404. The number of hydrogen-bond acceptors (Lipinski definition) is 4. The first-order chi connectivity index (χ1) is 8.54. The van der Waals surface area contributed by atoms with Crippen LogP contribution in [-0.2, 0) is 0 Å². The number of carbonyl (C=O) groups is 1. The summed E-state index contributed by atoms with van der Waals surface area (Å²) in [6, 6.07) is 5.25. The van der Waals surface area contributed by atoms with Crippen molar-refractivity contribution in [2.75, 3.05) is 45.3 Å². The maximum absolute atomic E-state index is 11.5. The summed E-state index contributed by atoms with van der Waals surface area (Å²) in [6.45, 7) is 1.85. The molecule has 0 aliphatic heterocycles. The Hall–Kier alpha value is -1.75. The van der Waals surface area contributed by atoms with E-state index in [9.17, 15) is 4.79 Å². The summed E-state index contributed by atoms with van der Waals surface area (Å²) in [5.74, 6) is -0.105. The summed E-state index contributed by atoms with van der Waals surface area (Å²) in [5, 5.41) is 5.85. The van der Waals surface area contributed by atoms with Gasteiger partial charge in [0.1, 0.15) is 0 Å². The molecule has 0 aromatic heterocycles. The number of nitrogens with two attached hydrogens (primary N) is 1. The molecule has 0 bridgehead atoms. The minimum absolute atomic E-state index is 0.105. The monoisotopic (exact) mass is 250 g/mol. The second kappa shape index (κ2) is 6.86. The highest BCUT2D eigenvalue weighted by atomic mass is 16.1. The largest absolute Gasteiger partial charge is 0.397 e. The van der Waals surface area contributed by atoms with Gasteiger partial charge in [-0.05, 0) is 45.3 Å². The van der Waals surface area contributed by atoms with Crippen LogP contribution in [0, 0.1) is 0 Å². The third kappa shape index (κ3) is 4.25. The summed E-state index contributed by atoms with van der Waals surface area (Å²) in [7, 11) is 5.70. The lowest BCUT2D eigenvalue weighted by atomic mass is 10.1. The Morgan fingerprint density at radius 2 is 2.11 bits per heavy atom. The highest BCUT2D eigenvalue weighted by Crippen LogP contribution is 2.19. The molecule has 0 aliphatic rings. The average Bonchev–Trinajstić information content (AvgIpc) is 2.35. The van der Waals surface area contributed by atoms with Gasteiger partial charge in [0.25, 0.3) is 5.91 Å². The lowest BCUT2D eigenvalue weighted by Crippen LogP contribution is -2.19. The molecule has 1 aromatic carbocycles. The number of hydrogen-bond donors (Lipinski definition) is 3. The van der Waals surface area contributed by atoms with Crippen molar-refractivity contribution in [3.05, 3.63) is 23.8 Å². The van der Waals surface area contributed by atoms with E-state index < -0.39 is 0 Å². The van der Waals surface area contributed by atoms with Gasteiger partial charge in [-0.25, -0.2) is 0 Å². The van der Waals surface area contributed by atoms with E-state index in [1.54, 1.807) is 25.2 Å². The first kappa shape index (κ1) is 14.3. The van der Waals surface area contributed by atoms with Gasteiger partial charge in [-0.15, -0.1) is 0 Å². The molecule has 0 radical (unpaired) electrons. The lowest BCUT2D eigenvalue weighted by molar-refractivity contribution is 0.0963. The van der Waals surface area contributed by atoms with Crippen LogP contribution in [0.15, 0.2) is 18.2 Å². The number of amides is 1. The smallest absolute Gasteiger partial charge is 0.251 e. The molecule has 0 spiro atoms. The van der Waals surface area contributed by atoms with Gasteiger partial charge in [0.05, 0.1) is 11.4 Å². The molecule has 0 fully saturated rings. The van der Waals surface area contributed by atoms with E-state index in [0.717, 1.165) is 25.2 Å². The molecule has 0 heterocycles. The molecule has 0 aliphatic carbocycles. The van der Waals surface area contributed by atoms with Crippen LogP contribution in [-0.4, -0.2) is 45.0 Å². The number of benzene rings is 1. The van der Waals surface area contributed by atoms with Gasteiger partial charge in [-0.1, -0.05) is 0 Å². The fraction of sp³-hybridized carbons (Fsp3) is 0.462. The van der Waals surface area contributed by atoms with Gasteiger partial charge in [0, 0.05) is 19.2 Å². The van der Waals surface area contributed by atoms with Gasteiger partial charge < -0.3 is 21.3 Å². The molecule has 18 heavy (non-hydrogen) atoms. The predicted octanol–water partition coefficient (Wildman–Crippen LogP) is 0.992. The van der Waals surface area contributed by atoms with Crippen molar-refractivity contribution < 1.29 is 4.79 Å². The fourth-order valence-electron chi connectivity index (χ4n) is 1.61. The van der Waals surface area contributed by atoms with Crippen molar-refractivity contribution in [2.24, 2.45) is 0 Å². The first-order valence-corrected chi connectivity index (χ1v) is 6.05. The van der Waals surface area contributed by atoms with Crippen LogP contribution in [0.4, 0.5) is 11.4 Å². The zero-order valence-electron chi connectivity index (χ0n) is 11.3. The number of nitrogen functional groups attached to an aromatic ring is 1. The summed E-state index contributed by atoms with van der Waals surface area (Å²) in [6.07, 6.45) is 1.02. The predicted molar refractivity (Wildman–Crippen MR) is 75.9 cm³/mol. The van der Waals surface area contributed by atoms with Crippen LogP contribution in [0.25, 0.3) is 0 Å². The van der Waals surface area contributed by atoms with Crippen molar-refractivity contribution in [3.8, 4) is 0 Å². The van der Waals surface area contributed by atoms with Gasteiger partial charge >= 0.3 is 0 Å². The third-order valence-corrected chi connectivity index (χ3v) is 2.64. The Balaban J connectivity index is 2.61. The van der Waals surface area contributed by atoms with E-state index in [1.807, 2.05) is 14.1 Å². The van der Waals surface area contributed by atoms with Crippen LogP contribution >= 0.6 is 0 Å². The molecular weight excluding hydrogens is 228 g/mol. The lowest BCUT2D eigenvalue weighted by Gasteiger charge is -2.13. The van der Waals surface area contributed by atoms with Crippen LogP contribution in [0.1, 0.15) is 16.8 Å². The maximum atomic E-state index is 11.5. The second-order valence-electron chi connectivity index (χ2n) is 4.46. The van der Waals surface area contributed by atoms with Crippen LogP contribution in [0.3, 0.4) is 0 Å². The molecule has 100 valence electrons. The minimum atomic E-state index is -0.105. The van der Waals surface area contributed by atoms with Gasteiger partial charge in [0.2, 0.25) is 0 Å². The highest BCUT2D eigenvalue weighted by Gasteiger charge is 2.06. The molecule has 0 unspecified atom stereocenters. The zero-order chi connectivity index (χ0) is 13.5. The summed E-state index contributed by atoms with van der Waals surface area (Å²) < 4.78 is 0. The van der Waals surface area contributed by atoms with Gasteiger partial charge in [-0.3, -0.25) is 4.79 Å². The molecule has 1 aromatic rings. The normalized spacial score (nSPS) is 10.4. The van der Waals surface area contributed by atoms with E-state index in [1.165, 1.54) is 0 Å². The number of anilines is 2. The SMILES string of the molecule is CNC(=O)c1ccc(N)c(NCCCN(C)C)c1. The minimum Gasteiger partial charge on any atom is -0.397 e. The molecule has 1 rings (SSSR count). The topological polar surface area (TPSA) is 70.4 Å². The van der Waals surface area contributed by atoms with E-state index in [2.05, 4.69) is 15.5 Å². The Kier molecular flexibility index (Phi) is 5.45. The number of nitrogens with zero attached hydrogens (tertiary/aromatic N) is 1. The average molecular weight is 250 g/mol. The molecular formula is C13H22N4O. The van der Waals surface area contributed by atoms with Crippen molar-refractivity contribution in [1.29, 1.82) is 0 Å². The number of nitrogens with one attached hydrogen (secondary N) is 2. The molecule has 0 saturated carbocycles. The molecule has 0 atom stereocenters. The van der Waals surface area contributed by atoms with Crippen molar-refractivity contribution in [1.82, 2.24) is 10.2 Å². The van der Waals surface area contributed by atoms with E-state index in [0.29, 0.717) is 11.3 Å². The third-order valence-electron chi connectivity index (χ3n) is 2.64. The summed E-state index contributed by atoms with van der Waals surface area (Å²) in [4.78, 5) is 13.6. The van der Waals surface area contributed by atoms with Crippen molar-refractivity contribution in [2.45, 2.75) is 6.42 Å². The number of carbonyl (C=O) groups excluding carboxylic acids is 1. The van der Waals surface area contributed by atoms with Crippen LogP contribution in [0.2, 0.25) is 0 Å². The Labute approximate surface area is 108 Å². The number of rotatable bonds is 6. The Morgan fingerprint density at radius 3 is 2.72 bits per heavy atom. The van der Waals surface area contributed by atoms with E-state index in [4.69, 9.17) is 5.73 Å². The van der Waals surface area contributed by atoms with Crippen molar-refractivity contribution >= 4 is 17.3 Å². The van der Waals surface area contributed by atoms with Crippen LogP contribution < -0.4 is 16.4 Å². The zero-order valence-corrected chi connectivity index (χ0v) is 11.3. The van der Waals surface area contributed by atoms with E-state index >= 15 is 0 Å². The molecule has 5 nitrogen and oxygen atoms in total. The molecule has 1 amide bonds. The van der Waals surface area contributed by atoms with Crippen molar-refractivity contribution in [3.63, 3.8) is 0 Å². The standard InChI is InChI=1S/C13H22N4O/c1-15-13(18)10-5-6-11(14)12(9-10)16-7-4-8-17(2)3/h5-6,9,16H,4,7-8,14H2,1-3H3,(H,15,18). The van der Waals surface area contributed by atoms with Crippen LogP contribution in [0.5, 0.6) is 0 Å². The Morgan fingerprint density at radius 1 is 1.39 bits per heavy atom.